The summed E-state index contributed by atoms with van der Waals surface area (Å²) in [5.74, 6) is 0.383. The summed E-state index contributed by atoms with van der Waals surface area (Å²) >= 11 is 7.40. The standard InChI is InChI=1S/C18H16ClN3OS/c1-2-13-6-8-14(9-7-13)17(23)11-24-18-21-20-12-22(18)16-5-3-4-15(19)10-16/h3-10,12H,2,11H2,1H3. The quantitative estimate of drug-likeness (QED) is 0.482. The Morgan fingerprint density at radius 2 is 2.00 bits per heavy atom. The lowest BCUT2D eigenvalue weighted by atomic mass is 10.1. The molecular weight excluding hydrogens is 342 g/mol. The van der Waals surface area contributed by atoms with Gasteiger partial charge in [-0.25, -0.2) is 0 Å². The molecule has 3 rings (SSSR count). The summed E-state index contributed by atoms with van der Waals surface area (Å²) in [7, 11) is 0. The van der Waals surface area contributed by atoms with Crippen molar-refractivity contribution in [3.63, 3.8) is 0 Å². The highest BCUT2D eigenvalue weighted by molar-refractivity contribution is 7.99. The summed E-state index contributed by atoms with van der Waals surface area (Å²) in [4.78, 5) is 12.3. The number of ketones is 1. The lowest BCUT2D eigenvalue weighted by molar-refractivity contribution is 0.102. The second kappa shape index (κ2) is 7.64. The van der Waals surface area contributed by atoms with Gasteiger partial charge in [-0.15, -0.1) is 10.2 Å². The lowest BCUT2D eigenvalue weighted by Gasteiger charge is -2.06. The Hall–Kier alpha value is -2.11. The predicted molar refractivity (Wildman–Crippen MR) is 97.2 cm³/mol. The zero-order chi connectivity index (χ0) is 16.9. The van der Waals surface area contributed by atoms with Crippen LogP contribution in [0.3, 0.4) is 0 Å². The molecule has 122 valence electrons. The number of carbonyl (C=O) groups excluding carboxylic acids is 1. The number of aromatic nitrogens is 3. The first-order valence-electron chi connectivity index (χ1n) is 7.58. The van der Waals surface area contributed by atoms with E-state index in [4.69, 9.17) is 11.6 Å². The van der Waals surface area contributed by atoms with E-state index < -0.39 is 0 Å². The van der Waals surface area contributed by atoms with Crippen LogP contribution >= 0.6 is 23.4 Å². The molecule has 0 unspecified atom stereocenters. The van der Waals surface area contributed by atoms with Gasteiger partial charge in [0, 0.05) is 10.6 Å². The zero-order valence-electron chi connectivity index (χ0n) is 13.1. The Bertz CT molecular complexity index is 845. The highest BCUT2D eigenvalue weighted by atomic mass is 35.5. The number of halogens is 1. The molecule has 3 aromatic rings. The van der Waals surface area contributed by atoms with Gasteiger partial charge in [0.25, 0.3) is 0 Å². The van der Waals surface area contributed by atoms with E-state index in [1.165, 1.54) is 17.3 Å². The molecule has 1 heterocycles. The molecule has 4 nitrogen and oxygen atoms in total. The first-order valence-corrected chi connectivity index (χ1v) is 8.94. The van der Waals surface area contributed by atoms with E-state index in [0.717, 1.165) is 12.1 Å². The second-order valence-electron chi connectivity index (χ2n) is 5.23. The highest BCUT2D eigenvalue weighted by Gasteiger charge is 2.12. The molecule has 2 aromatic carbocycles. The Morgan fingerprint density at radius 3 is 2.71 bits per heavy atom. The van der Waals surface area contributed by atoms with Crippen LogP contribution < -0.4 is 0 Å². The average Bonchev–Trinajstić information content (AvgIpc) is 3.08. The van der Waals surface area contributed by atoms with Crippen LogP contribution in [0, 0.1) is 0 Å². The minimum Gasteiger partial charge on any atom is -0.293 e. The zero-order valence-corrected chi connectivity index (χ0v) is 14.7. The van der Waals surface area contributed by atoms with Crippen LogP contribution in [0.25, 0.3) is 5.69 Å². The fraction of sp³-hybridized carbons (Fsp3) is 0.167. The largest absolute Gasteiger partial charge is 0.293 e. The van der Waals surface area contributed by atoms with Gasteiger partial charge in [-0.05, 0) is 30.2 Å². The van der Waals surface area contributed by atoms with Crippen molar-refractivity contribution in [3.8, 4) is 5.69 Å². The van der Waals surface area contributed by atoms with E-state index in [1.54, 1.807) is 6.33 Å². The van der Waals surface area contributed by atoms with Gasteiger partial charge in [0.15, 0.2) is 10.9 Å². The van der Waals surface area contributed by atoms with Crippen LogP contribution in [-0.2, 0) is 6.42 Å². The summed E-state index contributed by atoms with van der Waals surface area (Å²) in [6.07, 6.45) is 2.58. The number of rotatable bonds is 6. The Balaban J connectivity index is 1.71. The SMILES string of the molecule is CCc1ccc(C(=O)CSc2nncn2-c2cccc(Cl)c2)cc1. The molecule has 0 saturated carbocycles. The molecule has 0 amide bonds. The minimum absolute atomic E-state index is 0.0725. The van der Waals surface area contributed by atoms with Crippen molar-refractivity contribution in [1.29, 1.82) is 0 Å². The Labute approximate surface area is 149 Å². The van der Waals surface area contributed by atoms with E-state index >= 15 is 0 Å². The molecule has 0 aliphatic heterocycles. The van der Waals surface area contributed by atoms with Gasteiger partial charge in [-0.3, -0.25) is 9.36 Å². The number of Topliss-reactive ketones (excluding diaryl/α,β-unsaturated/α-hetero) is 1. The Kier molecular flexibility index (Phi) is 5.33. The smallest absolute Gasteiger partial charge is 0.196 e. The molecule has 0 bridgehead atoms. The van der Waals surface area contributed by atoms with Crippen molar-refractivity contribution in [2.24, 2.45) is 0 Å². The maximum atomic E-state index is 12.3. The molecule has 0 atom stereocenters. The van der Waals surface area contributed by atoms with Gasteiger partial charge < -0.3 is 0 Å². The Morgan fingerprint density at radius 1 is 1.21 bits per heavy atom. The van der Waals surface area contributed by atoms with Gasteiger partial charge in [0.2, 0.25) is 0 Å². The molecule has 24 heavy (non-hydrogen) atoms. The maximum absolute atomic E-state index is 12.3. The minimum atomic E-state index is 0.0725. The predicted octanol–water partition coefficient (Wildman–Crippen LogP) is 4.46. The van der Waals surface area contributed by atoms with E-state index in [1.807, 2.05) is 53.1 Å². The number of aryl methyl sites for hydroxylation is 1. The summed E-state index contributed by atoms with van der Waals surface area (Å²) in [6.45, 7) is 2.09. The van der Waals surface area contributed by atoms with E-state index in [9.17, 15) is 4.79 Å². The van der Waals surface area contributed by atoms with Crippen molar-refractivity contribution in [2.75, 3.05) is 5.75 Å². The molecule has 0 aliphatic rings. The number of hydrogen-bond acceptors (Lipinski definition) is 4. The summed E-state index contributed by atoms with van der Waals surface area (Å²) in [5, 5.41) is 9.34. The van der Waals surface area contributed by atoms with Crippen molar-refractivity contribution >= 4 is 29.1 Å². The van der Waals surface area contributed by atoms with E-state index in [0.29, 0.717) is 21.5 Å². The van der Waals surface area contributed by atoms with Gasteiger partial charge in [-0.1, -0.05) is 60.6 Å². The first-order chi connectivity index (χ1) is 11.7. The third kappa shape index (κ3) is 3.86. The summed E-state index contributed by atoms with van der Waals surface area (Å²) in [6, 6.07) is 15.2. The number of carbonyl (C=O) groups is 1. The fourth-order valence-electron chi connectivity index (χ4n) is 2.27. The molecule has 0 spiro atoms. The van der Waals surface area contributed by atoms with Crippen LogP contribution in [0.5, 0.6) is 0 Å². The molecule has 0 radical (unpaired) electrons. The van der Waals surface area contributed by atoms with Crippen molar-refractivity contribution < 1.29 is 4.79 Å². The average molecular weight is 358 g/mol. The van der Waals surface area contributed by atoms with Gasteiger partial charge in [0.05, 0.1) is 11.4 Å². The van der Waals surface area contributed by atoms with Crippen molar-refractivity contribution in [3.05, 3.63) is 71.0 Å². The number of hydrogen-bond donors (Lipinski definition) is 0. The number of nitrogens with zero attached hydrogens (tertiary/aromatic N) is 3. The molecule has 0 fully saturated rings. The van der Waals surface area contributed by atoms with Crippen molar-refractivity contribution in [2.45, 2.75) is 18.5 Å². The third-order valence-electron chi connectivity index (χ3n) is 3.62. The third-order valence-corrected chi connectivity index (χ3v) is 4.80. The molecule has 0 aliphatic carbocycles. The van der Waals surface area contributed by atoms with Gasteiger partial charge in [0.1, 0.15) is 6.33 Å². The van der Waals surface area contributed by atoms with Crippen molar-refractivity contribution in [1.82, 2.24) is 14.8 Å². The van der Waals surface area contributed by atoms with Crippen LogP contribution in [0.4, 0.5) is 0 Å². The van der Waals surface area contributed by atoms with Gasteiger partial charge >= 0.3 is 0 Å². The molecule has 1 aromatic heterocycles. The van der Waals surface area contributed by atoms with Crippen LogP contribution in [0.1, 0.15) is 22.8 Å². The highest BCUT2D eigenvalue weighted by Crippen LogP contribution is 2.22. The van der Waals surface area contributed by atoms with Crippen LogP contribution in [0.2, 0.25) is 5.02 Å². The van der Waals surface area contributed by atoms with Crippen LogP contribution in [-0.4, -0.2) is 26.3 Å². The summed E-state index contributed by atoms with van der Waals surface area (Å²) < 4.78 is 1.82. The van der Waals surface area contributed by atoms with E-state index in [2.05, 4.69) is 17.1 Å². The van der Waals surface area contributed by atoms with Gasteiger partial charge in [-0.2, -0.15) is 0 Å². The normalized spacial score (nSPS) is 10.8. The number of benzene rings is 2. The summed E-state index contributed by atoms with van der Waals surface area (Å²) in [5.41, 5.74) is 2.81. The van der Waals surface area contributed by atoms with E-state index in [-0.39, 0.29) is 5.78 Å². The number of thioether (sulfide) groups is 1. The second-order valence-corrected chi connectivity index (χ2v) is 6.60. The molecular formula is C18H16ClN3OS. The topological polar surface area (TPSA) is 47.8 Å². The monoisotopic (exact) mass is 357 g/mol. The lowest BCUT2D eigenvalue weighted by Crippen LogP contribution is -2.04. The fourth-order valence-corrected chi connectivity index (χ4v) is 3.27. The molecule has 6 heteroatoms. The molecule has 0 N–H and O–H groups in total. The maximum Gasteiger partial charge on any atom is 0.196 e. The first kappa shape index (κ1) is 16.7. The van der Waals surface area contributed by atoms with Crippen LogP contribution in [0.15, 0.2) is 60.0 Å². The molecule has 0 saturated heterocycles.